The minimum absolute atomic E-state index is 0.0808. The third kappa shape index (κ3) is 4.23. The molecule has 0 saturated carbocycles. The lowest BCUT2D eigenvalue weighted by Gasteiger charge is -2.00. The summed E-state index contributed by atoms with van der Waals surface area (Å²) in [5.74, 6) is 0.905. The number of rotatable bonds is 7. The molecule has 3 aromatic rings. The summed E-state index contributed by atoms with van der Waals surface area (Å²) >= 11 is 1.51. The number of aromatic nitrogens is 4. The largest absolute Gasteiger partial charge is 0.350 e. The molecule has 0 fully saturated rings. The predicted molar refractivity (Wildman–Crippen MR) is 89.2 cm³/mol. The normalized spacial score (nSPS) is 10.7. The molecule has 124 valence electrons. The average molecular weight is 343 g/mol. The predicted octanol–water partition coefficient (Wildman–Crippen LogP) is 2.40. The van der Waals surface area contributed by atoms with Crippen LogP contribution in [0.2, 0.25) is 0 Å². The van der Waals surface area contributed by atoms with Crippen LogP contribution in [-0.2, 0) is 24.2 Å². The van der Waals surface area contributed by atoms with Crippen LogP contribution in [0.1, 0.15) is 29.3 Å². The van der Waals surface area contributed by atoms with E-state index in [0.29, 0.717) is 24.7 Å². The van der Waals surface area contributed by atoms with Gasteiger partial charge in [-0.3, -0.25) is 4.79 Å². The van der Waals surface area contributed by atoms with Crippen LogP contribution in [0.4, 0.5) is 0 Å². The number of carbonyl (C=O) groups is 1. The molecule has 1 aromatic carbocycles. The summed E-state index contributed by atoms with van der Waals surface area (Å²) in [4.78, 5) is 16.2. The highest BCUT2D eigenvalue weighted by molar-refractivity contribution is 7.11. The van der Waals surface area contributed by atoms with Gasteiger partial charge in [0.05, 0.1) is 6.54 Å². The van der Waals surface area contributed by atoms with Crippen LogP contribution in [0.5, 0.6) is 0 Å². The molecule has 3 rings (SSSR count). The van der Waals surface area contributed by atoms with Crippen molar-refractivity contribution in [1.82, 2.24) is 25.7 Å². The number of benzene rings is 1. The van der Waals surface area contributed by atoms with Crippen LogP contribution >= 0.6 is 11.3 Å². The zero-order valence-corrected chi connectivity index (χ0v) is 14.0. The number of hydrogen-bond donors (Lipinski definition) is 1. The van der Waals surface area contributed by atoms with Crippen LogP contribution < -0.4 is 5.32 Å². The van der Waals surface area contributed by atoms with Crippen molar-refractivity contribution in [3.05, 3.63) is 46.2 Å². The fourth-order valence-corrected chi connectivity index (χ4v) is 2.77. The summed E-state index contributed by atoms with van der Waals surface area (Å²) in [5.41, 5.74) is 0.889. The summed E-state index contributed by atoms with van der Waals surface area (Å²) in [6, 6.07) is 9.57. The van der Waals surface area contributed by atoms with E-state index < -0.39 is 0 Å². The van der Waals surface area contributed by atoms with E-state index in [-0.39, 0.29) is 12.3 Å². The van der Waals surface area contributed by atoms with Crippen molar-refractivity contribution in [2.45, 2.75) is 32.7 Å². The summed E-state index contributed by atoms with van der Waals surface area (Å²) in [6.07, 6.45) is 1.55. The second-order valence-electron chi connectivity index (χ2n) is 5.10. The third-order valence-electron chi connectivity index (χ3n) is 3.31. The van der Waals surface area contributed by atoms with Gasteiger partial charge < -0.3 is 9.84 Å². The van der Waals surface area contributed by atoms with Crippen molar-refractivity contribution in [2.24, 2.45) is 0 Å². The maximum atomic E-state index is 11.9. The Morgan fingerprint density at radius 2 is 2.00 bits per heavy atom. The number of hydrogen-bond acceptors (Lipinski definition) is 7. The van der Waals surface area contributed by atoms with Gasteiger partial charge in [-0.15, -0.1) is 10.2 Å². The lowest BCUT2D eigenvalue weighted by Crippen LogP contribution is -2.23. The number of aryl methyl sites for hydroxylation is 2. The van der Waals surface area contributed by atoms with Gasteiger partial charge in [-0.25, -0.2) is 0 Å². The molecule has 0 saturated heterocycles. The van der Waals surface area contributed by atoms with E-state index in [1.54, 1.807) is 0 Å². The van der Waals surface area contributed by atoms with E-state index in [1.807, 2.05) is 37.3 Å². The van der Waals surface area contributed by atoms with Crippen molar-refractivity contribution >= 4 is 17.2 Å². The van der Waals surface area contributed by atoms with Crippen LogP contribution in [0.15, 0.2) is 34.9 Å². The molecule has 0 spiro atoms. The summed E-state index contributed by atoms with van der Waals surface area (Å²) in [6.45, 7) is 2.42. The molecule has 1 N–H and O–H groups in total. The van der Waals surface area contributed by atoms with Gasteiger partial charge in [0, 0.05) is 18.4 Å². The SMILES string of the molecule is CCc1nnc(CNC(=O)CCc2nc(-c3ccccc3)no2)s1. The van der Waals surface area contributed by atoms with Gasteiger partial charge in [0.15, 0.2) is 0 Å². The molecule has 0 unspecified atom stereocenters. The fourth-order valence-electron chi connectivity index (χ4n) is 2.05. The monoisotopic (exact) mass is 343 g/mol. The molecule has 24 heavy (non-hydrogen) atoms. The Morgan fingerprint density at radius 1 is 1.21 bits per heavy atom. The number of nitrogens with zero attached hydrogens (tertiary/aromatic N) is 4. The topological polar surface area (TPSA) is 93.8 Å². The van der Waals surface area contributed by atoms with Crippen LogP contribution in [0.3, 0.4) is 0 Å². The van der Waals surface area contributed by atoms with E-state index in [0.717, 1.165) is 22.0 Å². The molecule has 8 heteroatoms. The first-order valence-electron chi connectivity index (χ1n) is 7.70. The molecule has 0 radical (unpaired) electrons. The minimum atomic E-state index is -0.0808. The second-order valence-corrected chi connectivity index (χ2v) is 6.24. The second kappa shape index (κ2) is 7.78. The first-order chi connectivity index (χ1) is 11.7. The summed E-state index contributed by atoms with van der Waals surface area (Å²) in [7, 11) is 0. The molecular formula is C16H17N5O2S. The Hall–Kier alpha value is -2.61. The third-order valence-corrected chi connectivity index (χ3v) is 4.38. The highest BCUT2D eigenvalue weighted by Crippen LogP contribution is 2.15. The Balaban J connectivity index is 1.47. The van der Waals surface area contributed by atoms with Crippen LogP contribution in [0, 0.1) is 0 Å². The molecule has 0 aliphatic carbocycles. The quantitative estimate of drug-likeness (QED) is 0.708. The fraction of sp³-hybridized carbons (Fsp3) is 0.312. The number of amides is 1. The lowest BCUT2D eigenvalue weighted by molar-refractivity contribution is -0.121. The van der Waals surface area contributed by atoms with E-state index in [2.05, 4.69) is 25.7 Å². The summed E-state index contributed by atoms with van der Waals surface area (Å²) in [5, 5.41) is 16.6. The molecule has 1 amide bonds. The van der Waals surface area contributed by atoms with Gasteiger partial charge >= 0.3 is 0 Å². The molecule has 2 aromatic heterocycles. The van der Waals surface area contributed by atoms with Gasteiger partial charge in [-0.1, -0.05) is 53.7 Å². The van der Waals surface area contributed by atoms with Crippen molar-refractivity contribution < 1.29 is 9.32 Å². The molecule has 7 nitrogen and oxygen atoms in total. The Morgan fingerprint density at radius 3 is 2.75 bits per heavy atom. The summed E-state index contributed by atoms with van der Waals surface area (Å²) < 4.78 is 5.19. The average Bonchev–Trinajstić information content (AvgIpc) is 3.28. The Labute approximate surface area is 143 Å². The van der Waals surface area contributed by atoms with Gasteiger partial charge in [-0.2, -0.15) is 4.98 Å². The van der Waals surface area contributed by atoms with Crippen molar-refractivity contribution in [3.8, 4) is 11.4 Å². The maximum absolute atomic E-state index is 11.9. The highest BCUT2D eigenvalue weighted by atomic mass is 32.1. The molecule has 0 aliphatic heterocycles. The van der Waals surface area contributed by atoms with Gasteiger partial charge in [-0.05, 0) is 6.42 Å². The molecule has 2 heterocycles. The van der Waals surface area contributed by atoms with E-state index in [1.165, 1.54) is 11.3 Å². The Kier molecular flexibility index (Phi) is 5.27. The van der Waals surface area contributed by atoms with Gasteiger partial charge in [0.2, 0.25) is 17.6 Å². The van der Waals surface area contributed by atoms with Crippen molar-refractivity contribution in [1.29, 1.82) is 0 Å². The van der Waals surface area contributed by atoms with Crippen molar-refractivity contribution in [2.75, 3.05) is 0 Å². The minimum Gasteiger partial charge on any atom is -0.350 e. The zero-order chi connectivity index (χ0) is 16.8. The highest BCUT2D eigenvalue weighted by Gasteiger charge is 2.11. The molecule has 0 atom stereocenters. The number of nitrogens with one attached hydrogen (secondary N) is 1. The van der Waals surface area contributed by atoms with Crippen LogP contribution in [0.25, 0.3) is 11.4 Å². The zero-order valence-electron chi connectivity index (χ0n) is 13.2. The first kappa shape index (κ1) is 16.3. The van der Waals surface area contributed by atoms with Gasteiger partial charge in [0.1, 0.15) is 10.0 Å². The molecular weight excluding hydrogens is 326 g/mol. The van der Waals surface area contributed by atoms with E-state index >= 15 is 0 Å². The molecule has 0 aliphatic rings. The molecule has 0 bridgehead atoms. The Bertz CT molecular complexity index is 800. The smallest absolute Gasteiger partial charge is 0.227 e. The standard InChI is InChI=1S/C16H17N5O2S/c1-2-14-19-20-15(24-14)10-17-12(22)8-9-13-18-16(21-23-13)11-6-4-3-5-7-11/h3-7H,2,8-10H2,1H3,(H,17,22). The number of carbonyl (C=O) groups excluding carboxylic acids is 1. The maximum Gasteiger partial charge on any atom is 0.227 e. The van der Waals surface area contributed by atoms with E-state index in [9.17, 15) is 4.79 Å². The first-order valence-corrected chi connectivity index (χ1v) is 8.52. The van der Waals surface area contributed by atoms with E-state index in [4.69, 9.17) is 4.52 Å². The lowest BCUT2D eigenvalue weighted by atomic mass is 10.2. The van der Waals surface area contributed by atoms with Gasteiger partial charge in [0.25, 0.3) is 0 Å². The van der Waals surface area contributed by atoms with Crippen molar-refractivity contribution in [3.63, 3.8) is 0 Å². The van der Waals surface area contributed by atoms with Crippen LogP contribution in [-0.4, -0.2) is 26.2 Å².